The van der Waals surface area contributed by atoms with Gasteiger partial charge >= 0.3 is 0 Å². The quantitative estimate of drug-likeness (QED) is 0.373. The van der Waals surface area contributed by atoms with Crippen molar-refractivity contribution in [3.05, 3.63) is 92.8 Å². The Morgan fingerprint density at radius 1 is 1.03 bits per heavy atom. The molecule has 1 aromatic heterocycles. The molecule has 0 N–H and O–H groups in total. The molecule has 0 saturated carbocycles. The van der Waals surface area contributed by atoms with Crippen LogP contribution in [0.5, 0.6) is 11.5 Å². The zero-order chi connectivity index (χ0) is 20.4. The molecule has 0 aliphatic heterocycles. The smallest absolute Gasteiger partial charge is 0.235 e. The predicted molar refractivity (Wildman–Crippen MR) is 113 cm³/mol. The van der Waals surface area contributed by atoms with Crippen LogP contribution in [-0.4, -0.2) is 7.11 Å². The zero-order valence-electron chi connectivity index (χ0n) is 15.4. The lowest BCUT2D eigenvalue weighted by Crippen LogP contribution is -2.10. The van der Waals surface area contributed by atoms with Gasteiger partial charge in [0.1, 0.15) is 23.8 Å². The number of ether oxygens (including phenoxy) is 2. The number of benzene rings is 3. The molecule has 0 saturated heterocycles. The molecule has 0 amide bonds. The third kappa shape index (κ3) is 3.89. The molecule has 3 aromatic carbocycles. The van der Waals surface area contributed by atoms with Gasteiger partial charge in [-0.15, -0.1) is 0 Å². The van der Waals surface area contributed by atoms with E-state index in [2.05, 4.69) is 15.9 Å². The number of methoxy groups -OCH3 is 1. The minimum Gasteiger partial charge on any atom is -0.496 e. The van der Waals surface area contributed by atoms with Gasteiger partial charge in [-0.2, -0.15) is 0 Å². The van der Waals surface area contributed by atoms with Crippen LogP contribution >= 0.6 is 15.9 Å². The van der Waals surface area contributed by atoms with Gasteiger partial charge in [0, 0.05) is 5.56 Å². The first-order valence-electron chi connectivity index (χ1n) is 8.84. The van der Waals surface area contributed by atoms with E-state index in [0.717, 1.165) is 10.0 Å². The van der Waals surface area contributed by atoms with Crippen LogP contribution in [0.25, 0.3) is 22.3 Å². The molecule has 0 atom stereocenters. The molecule has 0 unspecified atom stereocenters. The maximum atomic E-state index is 13.2. The summed E-state index contributed by atoms with van der Waals surface area (Å²) in [5.41, 5.74) is 1.60. The first-order valence-corrected chi connectivity index (χ1v) is 9.63. The highest BCUT2D eigenvalue weighted by atomic mass is 79.9. The summed E-state index contributed by atoms with van der Waals surface area (Å²) in [4.78, 5) is 13.1. The van der Waals surface area contributed by atoms with E-state index in [4.69, 9.17) is 13.9 Å². The van der Waals surface area contributed by atoms with Crippen molar-refractivity contribution in [1.29, 1.82) is 0 Å². The molecule has 4 rings (SSSR count). The van der Waals surface area contributed by atoms with Crippen LogP contribution in [0.3, 0.4) is 0 Å². The largest absolute Gasteiger partial charge is 0.496 e. The second-order valence-electron chi connectivity index (χ2n) is 6.35. The lowest BCUT2D eigenvalue weighted by molar-refractivity contribution is 0.297. The number of halogens is 2. The molecule has 4 aromatic rings. The predicted octanol–water partition coefficient (Wildman–Crippen LogP) is 5.95. The topological polar surface area (TPSA) is 48.7 Å². The first-order chi connectivity index (χ1) is 14.1. The van der Waals surface area contributed by atoms with Gasteiger partial charge in [0.15, 0.2) is 5.76 Å². The second-order valence-corrected chi connectivity index (χ2v) is 7.20. The molecule has 146 valence electrons. The Morgan fingerprint density at radius 2 is 1.79 bits per heavy atom. The fraction of sp³-hybridized carbons (Fsp3) is 0.0870. The van der Waals surface area contributed by atoms with E-state index >= 15 is 0 Å². The summed E-state index contributed by atoms with van der Waals surface area (Å²) in [6, 6.07) is 18.3. The average Bonchev–Trinajstić information content (AvgIpc) is 2.74. The van der Waals surface area contributed by atoms with Gasteiger partial charge in [0.2, 0.25) is 11.2 Å². The summed E-state index contributed by atoms with van der Waals surface area (Å²) < 4.78 is 31.1. The molecule has 1 heterocycles. The lowest BCUT2D eigenvalue weighted by atomic mass is 10.1. The van der Waals surface area contributed by atoms with Gasteiger partial charge in [-0.25, -0.2) is 4.39 Å². The van der Waals surface area contributed by atoms with Gasteiger partial charge < -0.3 is 13.9 Å². The summed E-state index contributed by atoms with van der Waals surface area (Å²) in [5, 5.41) is 0.429. The zero-order valence-corrected chi connectivity index (χ0v) is 17.0. The van der Waals surface area contributed by atoms with E-state index < -0.39 is 0 Å². The van der Waals surface area contributed by atoms with Crippen molar-refractivity contribution in [2.75, 3.05) is 7.11 Å². The summed E-state index contributed by atoms with van der Waals surface area (Å²) in [7, 11) is 1.58. The number of hydrogen-bond donors (Lipinski definition) is 0. The third-order valence-electron chi connectivity index (χ3n) is 4.47. The van der Waals surface area contributed by atoms with Crippen LogP contribution in [0.2, 0.25) is 0 Å². The Hall–Kier alpha value is -3.12. The highest BCUT2D eigenvalue weighted by Crippen LogP contribution is 2.35. The van der Waals surface area contributed by atoms with Crippen LogP contribution in [0.15, 0.2) is 80.4 Å². The molecule has 29 heavy (non-hydrogen) atoms. The Balaban J connectivity index is 1.83. The Labute approximate surface area is 174 Å². The first kappa shape index (κ1) is 19.2. The van der Waals surface area contributed by atoms with Crippen molar-refractivity contribution in [3.63, 3.8) is 0 Å². The molecule has 0 aliphatic carbocycles. The van der Waals surface area contributed by atoms with Crippen molar-refractivity contribution < 1.29 is 18.3 Å². The number of rotatable bonds is 5. The summed E-state index contributed by atoms with van der Waals surface area (Å²) in [5.74, 6) is 0.748. The second kappa shape index (κ2) is 8.09. The minimum atomic E-state index is -0.331. The van der Waals surface area contributed by atoms with E-state index in [-0.39, 0.29) is 23.6 Å². The fourth-order valence-corrected chi connectivity index (χ4v) is 3.53. The lowest BCUT2D eigenvalue weighted by Gasteiger charge is -2.13. The molecule has 0 bridgehead atoms. The number of hydrogen-bond acceptors (Lipinski definition) is 4. The van der Waals surface area contributed by atoms with Crippen LogP contribution in [-0.2, 0) is 6.61 Å². The van der Waals surface area contributed by atoms with Gasteiger partial charge in [0.05, 0.1) is 17.0 Å². The molecule has 0 spiro atoms. The Bertz CT molecular complexity index is 1230. The highest BCUT2D eigenvalue weighted by Gasteiger charge is 2.19. The van der Waals surface area contributed by atoms with Crippen LogP contribution < -0.4 is 14.9 Å². The van der Waals surface area contributed by atoms with Gasteiger partial charge in [-0.3, -0.25) is 4.79 Å². The van der Waals surface area contributed by atoms with Gasteiger partial charge in [0.25, 0.3) is 0 Å². The normalized spacial score (nSPS) is 10.9. The summed E-state index contributed by atoms with van der Waals surface area (Å²) in [6.45, 7) is 0.105. The van der Waals surface area contributed by atoms with Crippen molar-refractivity contribution >= 4 is 26.9 Å². The van der Waals surface area contributed by atoms with Crippen LogP contribution in [0.1, 0.15) is 5.56 Å². The van der Waals surface area contributed by atoms with E-state index in [1.807, 2.05) is 0 Å². The summed E-state index contributed by atoms with van der Waals surface area (Å²) in [6.07, 6.45) is 0. The molecule has 4 nitrogen and oxygen atoms in total. The molecule has 0 aliphatic rings. The standard InChI is InChI=1S/C23H16BrFO4/c1-27-20-11-8-15(12-18(20)24)22-23(28-13-14-6-9-16(25)10-7-14)21(26)17-4-2-3-5-19(17)29-22/h2-12H,13H2,1H3. The van der Waals surface area contributed by atoms with E-state index in [9.17, 15) is 9.18 Å². The highest BCUT2D eigenvalue weighted by molar-refractivity contribution is 9.10. The van der Waals surface area contributed by atoms with Gasteiger partial charge in [-0.1, -0.05) is 24.3 Å². The summed E-state index contributed by atoms with van der Waals surface area (Å²) >= 11 is 3.46. The van der Waals surface area contributed by atoms with Crippen LogP contribution in [0, 0.1) is 5.82 Å². The molecule has 0 radical (unpaired) electrons. The molecular formula is C23H16BrFO4. The maximum Gasteiger partial charge on any atom is 0.235 e. The van der Waals surface area contributed by atoms with Crippen molar-refractivity contribution in [1.82, 2.24) is 0 Å². The molecule has 6 heteroatoms. The van der Waals surface area contributed by atoms with Crippen molar-refractivity contribution in [3.8, 4) is 22.8 Å². The van der Waals surface area contributed by atoms with Crippen molar-refractivity contribution in [2.24, 2.45) is 0 Å². The molecular weight excluding hydrogens is 439 g/mol. The Kier molecular flexibility index (Phi) is 5.36. The fourth-order valence-electron chi connectivity index (χ4n) is 2.99. The number of fused-ring (bicyclic) bond motifs is 1. The minimum absolute atomic E-state index is 0.102. The van der Waals surface area contributed by atoms with E-state index in [1.165, 1.54) is 12.1 Å². The van der Waals surface area contributed by atoms with Gasteiger partial charge in [-0.05, 0) is 64.0 Å². The van der Waals surface area contributed by atoms with Crippen molar-refractivity contribution in [2.45, 2.75) is 6.61 Å². The molecule has 0 fully saturated rings. The number of para-hydroxylation sites is 1. The van der Waals surface area contributed by atoms with E-state index in [1.54, 1.807) is 61.7 Å². The maximum absolute atomic E-state index is 13.2. The average molecular weight is 455 g/mol. The van der Waals surface area contributed by atoms with E-state index in [0.29, 0.717) is 28.0 Å². The third-order valence-corrected chi connectivity index (χ3v) is 5.09. The van der Waals surface area contributed by atoms with Crippen LogP contribution in [0.4, 0.5) is 4.39 Å². The Morgan fingerprint density at radius 3 is 2.52 bits per heavy atom. The SMILES string of the molecule is COc1ccc(-c2oc3ccccc3c(=O)c2OCc2ccc(F)cc2)cc1Br. The monoisotopic (exact) mass is 454 g/mol.